The molecule has 1 aromatic heterocycles. The number of halogens is 3. The van der Waals surface area contributed by atoms with Crippen LogP contribution < -0.4 is 5.32 Å². The highest BCUT2D eigenvalue weighted by molar-refractivity contribution is 5.48. The van der Waals surface area contributed by atoms with Crippen LogP contribution in [0.25, 0.3) is 0 Å². The molecule has 6 nitrogen and oxygen atoms in total. The van der Waals surface area contributed by atoms with E-state index < -0.39 is 11.7 Å². The van der Waals surface area contributed by atoms with Gasteiger partial charge >= 0.3 is 6.18 Å². The third-order valence-corrected chi connectivity index (χ3v) is 5.73. The van der Waals surface area contributed by atoms with E-state index >= 15 is 0 Å². The normalized spacial score (nSPS) is 20.8. The molecule has 3 rings (SSSR count). The number of ether oxygens (including phenoxy) is 2. The minimum absolute atomic E-state index is 0.204. The lowest BCUT2D eigenvalue weighted by molar-refractivity contribution is -0.137. The molecule has 2 aliphatic rings. The number of nitrogens with one attached hydrogen (secondary N) is 1. The predicted octanol–water partition coefficient (Wildman–Crippen LogP) is 4.99. The smallest absolute Gasteiger partial charge is 0.379 e. The second kappa shape index (κ2) is 16.1. The number of carbonyl (C=O) groups excluding carboxylic acids is 1. The van der Waals surface area contributed by atoms with Crippen molar-refractivity contribution in [2.45, 2.75) is 97.1 Å². The van der Waals surface area contributed by atoms with Crippen molar-refractivity contribution in [2.75, 3.05) is 26.9 Å². The maximum absolute atomic E-state index is 12.4. The summed E-state index contributed by atoms with van der Waals surface area (Å²) < 4.78 is 48.1. The van der Waals surface area contributed by atoms with Gasteiger partial charge in [-0.1, -0.05) is 40.5 Å². The van der Waals surface area contributed by atoms with Crippen molar-refractivity contribution in [1.29, 1.82) is 0 Å². The molecule has 1 aromatic rings. The number of nitrogens with zero attached hydrogens (tertiary/aromatic N) is 2. The van der Waals surface area contributed by atoms with Crippen molar-refractivity contribution < 1.29 is 27.4 Å². The number of amides is 1. The minimum atomic E-state index is -4.38. The van der Waals surface area contributed by atoms with E-state index in [0.717, 1.165) is 31.9 Å². The molecule has 1 fully saturated rings. The fourth-order valence-corrected chi connectivity index (χ4v) is 3.88. The Hall–Kier alpha value is -1.71. The van der Waals surface area contributed by atoms with Crippen LogP contribution in [0.15, 0.2) is 12.3 Å². The Balaban J connectivity index is 0.000000306. The summed E-state index contributed by atoms with van der Waals surface area (Å²) in [4.78, 5) is 15.8. The van der Waals surface area contributed by atoms with Crippen molar-refractivity contribution in [3.05, 3.63) is 29.1 Å². The molecular formula is C25H42F3N3O3. The van der Waals surface area contributed by atoms with Crippen molar-refractivity contribution >= 4 is 6.41 Å². The largest absolute Gasteiger partial charge is 0.417 e. The Morgan fingerprint density at radius 3 is 2.59 bits per heavy atom. The van der Waals surface area contributed by atoms with Crippen molar-refractivity contribution in [3.8, 4) is 0 Å². The summed E-state index contributed by atoms with van der Waals surface area (Å²) >= 11 is 0. The molecule has 0 aromatic carbocycles. The lowest BCUT2D eigenvalue weighted by Crippen LogP contribution is -2.50. The molecule has 0 spiro atoms. The molecule has 1 amide bonds. The van der Waals surface area contributed by atoms with Crippen LogP contribution in [0.1, 0.15) is 76.6 Å². The highest BCUT2D eigenvalue weighted by atomic mass is 19.4. The first-order valence-electron chi connectivity index (χ1n) is 12.3. The first-order chi connectivity index (χ1) is 16.2. The summed E-state index contributed by atoms with van der Waals surface area (Å²) in [7, 11) is 1.77. The van der Waals surface area contributed by atoms with Crippen molar-refractivity contribution in [2.24, 2.45) is 0 Å². The average molecular weight is 490 g/mol. The molecule has 9 heteroatoms. The molecule has 196 valence electrons. The van der Waals surface area contributed by atoms with Gasteiger partial charge in [0.25, 0.3) is 0 Å². The van der Waals surface area contributed by atoms with E-state index in [1.165, 1.54) is 30.6 Å². The van der Waals surface area contributed by atoms with Gasteiger partial charge in [-0.2, -0.15) is 13.2 Å². The third-order valence-electron chi connectivity index (χ3n) is 5.73. The first kappa shape index (κ1) is 30.3. The van der Waals surface area contributed by atoms with E-state index in [9.17, 15) is 18.0 Å². The van der Waals surface area contributed by atoms with E-state index in [4.69, 9.17) is 9.47 Å². The standard InChI is InChI=1S/C12H25NO2.C10H9F3N2O.C3H8/c1-4-6-10(5-2)13-11-7-8-15-9-12(11)14-3;11-10(12,13)8-3-7-5-15(6-16)2-1-9(7)14-4-8;1-3-2/h10-13H,4-9H2,1-3H3;3-4,6H,1-2,5H2;3H2,1-2H3. The van der Waals surface area contributed by atoms with Crippen LogP contribution >= 0.6 is 0 Å². The fraction of sp³-hybridized carbons (Fsp3) is 0.760. The van der Waals surface area contributed by atoms with Gasteiger partial charge in [-0.3, -0.25) is 9.78 Å². The molecule has 0 bridgehead atoms. The number of hydrogen-bond donors (Lipinski definition) is 1. The lowest BCUT2D eigenvalue weighted by Gasteiger charge is -2.34. The first-order valence-corrected chi connectivity index (χ1v) is 12.3. The summed E-state index contributed by atoms with van der Waals surface area (Å²) in [5.74, 6) is 0. The van der Waals surface area contributed by atoms with E-state index in [2.05, 4.69) is 38.0 Å². The quantitative estimate of drug-likeness (QED) is 0.547. The summed E-state index contributed by atoms with van der Waals surface area (Å²) in [6.07, 6.45) is 3.84. The summed E-state index contributed by atoms with van der Waals surface area (Å²) in [5, 5.41) is 3.70. The zero-order valence-corrected chi connectivity index (χ0v) is 21.3. The van der Waals surface area contributed by atoms with Gasteiger partial charge < -0.3 is 19.7 Å². The number of hydrogen-bond acceptors (Lipinski definition) is 5. The van der Waals surface area contributed by atoms with Gasteiger partial charge in [-0.15, -0.1) is 0 Å². The fourth-order valence-electron chi connectivity index (χ4n) is 3.88. The second-order valence-electron chi connectivity index (χ2n) is 8.67. The van der Waals surface area contributed by atoms with Crippen LogP contribution in [0.2, 0.25) is 0 Å². The van der Waals surface area contributed by atoms with Crippen LogP contribution in [0, 0.1) is 0 Å². The molecule has 0 radical (unpaired) electrons. The summed E-state index contributed by atoms with van der Waals surface area (Å²) in [6.45, 7) is 11.0. The molecule has 0 saturated carbocycles. The number of methoxy groups -OCH3 is 1. The number of alkyl halides is 3. The molecule has 3 unspecified atom stereocenters. The molecule has 1 saturated heterocycles. The summed E-state index contributed by atoms with van der Waals surface area (Å²) in [6, 6.07) is 2.17. The van der Waals surface area contributed by atoms with Crippen LogP contribution in [-0.4, -0.2) is 61.3 Å². The topological polar surface area (TPSA) is 63.7 Å². The van der Waals surface area contributed by atoms with Crippen LogP contribution in [-0.2, 0) is 33.4 Å². The van der Waals surface area contributed by atoms with Crippen molar-refractivity contribution in [3.63, 3.8) is 0 Å². The van der Waals surface area contributed by atoms with Gasteiger partial charge in [-0.05, 0) is 30.9 Å². The summed E-state index contributed by atoms with van der Waals surface area (Å²) in [5.41, 5.74) is 0.360. The van der Waals surface area contributed by atoms with E-state index in [-0.39, 0.29) is 12.6 Å². The maximum Gasteiger partial charge on any atom is 0.417 e. The van der Waals surface area contributed by atoms with E-state index in [1.54, 1.807) is 7.11 Å². The Kier molecular flexibility index (Phi) is 14.3. The van der Waals surface area contributed by atoms with Crippen molar-refractivity contribution in [1.82, 2.24) is 15.2 Å². The van der Waals surface area contributed by atoms with Crippen LogP contribution in [0.3, 0.4) is 0 Å². The van der Waals surface area contributed by atoms with Crippen LogP contribution in [0.5, 0.6) is 0 Å². The number of carbonyl (C=O) groups is 1. The highest BCUT2D eigenvalue weighted by Crippen LogP contribution is 2.30. The SMILES string of the molecule is CCC.CCCC(CC)NC1CCOCC1OC.O=CN1CCc2ncc(C(F)(F)F)cc2C1. The van der Waals surface area contributed by atoms with Gasteiger partial charge in [0, 0.05) is 57.2 Å². The molecule has 3 atom stereocenters. The molecule has 3 heterocycles. The Labute approximate surface area is 202 Å². The molecule has 0 aliphatic carbocycles. The number of pyridine rings is 1. The highest BCUT2D eigenvalue weighted by Gasteiger charge is 2.32. The van der Waals surface area contributed by atoms with E-state index in [0.29, 0.717) is 42.7 Å². The van der Waals surface area contributed by atoms with Gasteiger partial charge in [0.15, 0.2) is 0 Å². The second-order valence-corrected chi connectivity index (χ2v) is 8.67. The van der Waals surface area contributed by atoms with Gasteiger partial charge in [0.1, 0.15) is 0 Å². The number of rotatable bonds is 7. The minimum Gasteiger partial charge on any atom is -0.379 e. The molecule has 1 N–H and O–H groups in total. The Morgan fingerprint density at radius 2 is 2.03 bits per heavy atom. The maximum atomic E-state index is 12.4. The van der Waals surface area contributed by atoms with Gasteiger partial charge in [0.2, 0.25) is 6.41 Å². The van der Waals surface area contributed by atoms with Crippen LogP contribution in [0.4, 0.5) is 13.2 Å². The number of aromatic nitrogens is 1. The van der Waals surface area contributed by atoms with Gasteiger partial charge in [-0.25, -0.2) is 0 Å². The van der Waals surface area contributed by atoms with Gasteiger partial charge in [0.05, 0.1) is 18.3 Å². The lowest BCUT2D eigenvalue weighted by atomic mass is 10.0. The predicted molar refractivity (Wildman–Crippen MR) is 128 cm³/mol. The molecule has 2 aliphatic heterocycles. The Bertz CT molecular complexity index is 704. The third kappa shape index (κ3) is 10.3. The molecule has 34 heavy (non-hydrogen) atoms. The zero-order valence-electron chi connectivity index (χ0n) is 21.3. The van der Waals surface area contributed by atoms with E-state index in [1.807, 2.05) is 0 Å². The average Bonchev–Trinajstić information content (AvgIpc) is 2.83. The zero-order chi connectivity index (χ0) is 25.6. The molecular weight excluding hydrogens is 447 g/mol. The number of fused-ring (bicyclic) bond motifs is 1. The monoisotopic (exact) mass is 489 g/mol. The Morgan fingerprint density at radius 1 is 1.32 bits per heavy atom.